The Morgan fingerprint density at radius 2 is 2.20 bits per heavy atom. The van der Waals surface area contributed by atoms with Gasteiger partial charge < -0.3 is 16.4 Å². The van der Waals surface area contributed by atoms with Gasteiger partial charge in [-0.05, 0) is 31.2 Å². The average Bonchev–Trinajstić information content (AvgIpc) is 2.46. The van der Waals surface area contributed by atoms with Crippen LogP contribution in [0.2, 0.25) is 0 Å². The Labute approximate surface area is 117 Å². The van der Waals surface area contributed by atoms with Crippen molar-refractivity contribution >= 4 is 17.3 Å². The molecule has 0 saturated heterocycles. The molecular weight excluding hydrogens is 254 g/mol. The molecule has 0 atom stereocenters. The Balaban J connectivity index is 2.17. The molecule has 4 N–H and O–H groups in total. The van der Waals surface area contributed by atoms with E-state index in [0.717, 1.165) is 5.69 Å². The minimum atomic E-state index is -0.127. The van der Waals surface area contributed by atoms with Crippen LogP contribution in [0.15, 0.2) is 36.8 Å². The fraction of sp³-hybridized carbons (Fsp3) is 0.214. The Morgan fingerprint density at radius 1 is 1.35 bits per heavy atom. The Morgan fingerprint density at radius 3 is 2.90 bits per heavy atom. The van der Waals surface area contributed by atoms with E-state index in [0.29, 0.717) is 30.0 Å². The van der Waals surface area contributed by atoms with Crippen molar-refractivity contribution in [1.82, 2.24) is 15.3 Å². The van der Waals surface area contributed by atoms with E-state index in [9.17, 15) is 4.79 Å². The van der Waals surface area contributed by atoms with Crippen molar-refractivity contribution in [2.24, 2.45) is 0 Å². The monoisotopic (exact) mass is 271 g/mol. The molecule has 20 heavy (non-hydrogen) atoms. The maximum absolute atomic E-state index is 12.0. The lowest BCUT2D eigenvalue weighted by molar-refractivity contribution is 0.0956. The van der Waals surface area contributed by atoms with E-state index in [1.807, 2.05) is 13.0 Å². The third-order valence-electron chi connectivity index (χ3n) is 2.73. The van der Waals surface area contributed by atoms with E-state index in [-0.39, 0.29) is 5.91 Å². The molecule has 2 rings (SSSR count). The van der Waals surface area contributed by atoms with Gasteiger partial charge in [0.15, 0.2) is 0 Å². The summed E-state index contributed by atoms with van der Waals surface area (Å²) in [6, 6.07) is 6.97. The van der Waals surface area contributed by atoms with Crippen molar-refractivity contribution in [3.63, 3.8) is 0 Å². The standard InChI is InChI=1S/C14H17N5O/c1-2-17-14(20)12-4-3-10(15)7-13(12)18-8-11-5-6-16-9-19-11/h3-7,9,18H,2,8,15H2,1H3,(H,17,20). The van der Waals surface area contributed by atoms with E-state index in [1.165, 1.54) is 6.33 Å². The van der Waals surface area contributed by atoms with E-state index < -0.39 is 0 Å². The van der Waals surface area contributed by atoms with E-state index in [1.54, 1.807) is 24.4 Å². The molecule has 0 spiro atoms. The molecule has 0 saturated carbocycles. The van der Waals surface area contributed by atoms with E-state index in [4.69, 9.17) is 5.73 Å². The van der Waals surface area contributed by atoms with Gasteiger partial charge >= 0.3 is 0 Å². The number of nitrogens with two attached hydrogens (primary N) is 1. The number of nitrogens with zero attached hydrogens (tertiary/aromatic N) is 2. The largest absolute Gasteiger partial charge is 0.399 e. The average molecular weight is 271 g/mol. The maximum atomic E-state index is 12.0. The minimum absolute atomic E-state index is 0.127. The second kappa shape index (κ2) is 6.51. The van der Waals surface area contributed by atoms with Gasteiger partial charge in [0.1, 0.15) is 6.33 Å². The van der Waals surface area contributed by atoms with Crippen LogP contribution in [-0.2, 0) is 6.54 Å². The first-order valence-corrected chi connectivity index (χ1v) is 6.37. The highest BCUT2D eigenvalue weighted by molar-refractivity contribution is 6.00. The molecule has 0 fully saturated rings. The van der Waals surface area contributed by atoms with Crippen LogP contribution in [0.3, 0.4) is 0 Å². The summed E-state index contributed by atoms with van der Waals surface area (Å²) in [6.45, 7) is 2.95. The van der Waals surface area contributed by atoms with Crippen LogP contribution in [0.4, 0.5) is 11.4 Å². The number of nitrogens with one attached hydrogen (secondary N) is 2. The SMILES string of the molecule is CCNC(=O)c1ccc(N)cc1NCc1ccncn1. The summed E-state index contributed by atoms with van der Waals surface area (Å²) in [5.74, 6) is -0.127. The molecule has 0 unspecified atom stereocenters. The number of benzene rings is 1. The summed E-state index contributed by atoms with van der Waals surface area (Å²) >= 11 is 0. The Kier molecular flexibility index (Phi) is 4.49. The summed E-state index contributed by atoms with van der Waals surface area (Å²) in [4.78, 5) is 20.0. The van der Waals surface area contributed by atoms with Crippen LogP contribution in [0.1, 0.15) is 23.0 Å². The third-order valence-corrected chi connectivity index (χ3v) is 2.73. The van der Waals surface area contributed by atoms with Gasteiger partial charge in [-0.1, -0.05) is 0 Å². The molecule has 0 aliphatic carbocycles. The molecule has 104 valence electrons. The Hall–Kier alpha value is -2.63. The number of hydrogen-bond acceptors (Lipinski definition) is 5. The Bertz CT molecular complexity index is 585. The van der Waals surface area contributed by atoms with Crippen LogP contribution < -0.4 is 16.4 Å². The van der Waals surface area contributed by atoms with Crippen LogP contribution in [0, 0.1) is 0 Å². The second-order valence-electron chi connectivity index (χ2n) is 4.22. The number of carbonyl (C=O) groups is 1. The highest BCUT2D eigenvalue weighted by Crippen LogP contribution is 2.19. The van der Waals surface area contributed by atoms with Crippen molar-refractivity contribution in [2.75, 3.05) is 17.6 Å². The molecule has 6 heteroatoms. The smallest absolute Gasteiger partial charge is 0.253 e. The number of nitrogen functional groups attached to an aromatic ring is 1. The van der Waals surface area contributed by atoms with Crippen molar-refractivity contribution in [1.29, 1.82) is 0 Å². The van der Waals surface area contributed by atoms with Crippen LogP contribution in [-0.4, -0.2) is 22.4 Å². The van der Waals surface area contributed by atoms with Gasteiger partial charge in [0, 0.05) is 24.1 Å². The molecule has 0 aliphatic rings. The first kappa shape index (κ1) is 13.8. The third kappa shape index (κ3) is 3.44. The number of anilines is 2. The predicted molar refractivity (Wildman–Crippen MR) is 78.2 cm³/mol. The number of aromatic nitrogens is 2. The molecule has 0 radical (unpaired) electrons. The number of carbonyl (C=O) groups excluding carboxylic acids is 1. The lowest BCUT2D eigenvalue weighted by Gasteiger charge is -2.12. The van der Waals surface area contributed by atoms with Crippen LogP contribution in [0.25, 0.3) is 0 Å². The van der Waals surface area contributed by atoms with Crippen LogP contribution >= 0.6 is 0 Å². The zero-order chi connectivity index (χ0) is 14.4. The van der Waals surface area contributed by atoms with Crippen molar-refractivity contribution in [3.8, 4) is 0 Å². The molecule has 1 aromatic heterocycles. The molecule has 0 aliphatic heterocycles. The van der Waals surface area contributed by atoms with Crippen molar-refractivity contribution < 1.29 is 4.79 Å². The lowest BCUT2D eigenvalue weighted by atomic mass is 10.1. The first-order valence-electron chi connectivity index (χ1n) is 6.37. The van der Waals surface area contributed by atoms with Gasteiger partial charge in [0.05, 0.1) is 17.8 Å². The number of amides is 1. The molecule has 0 bridgehead atoms. The molecule has 6 nitrogen and oxygen atoms in total. The maximum Gasteiger partial charge on any atom is 0.253 e. The lowest BCUT2D eigenvalue weighted by Crippen LogP contribution is -2.24. The van der Waals surface area contributed by atoms with Crippen molar-refractivity contribution in [2.45, 2.75) is 13.5 Å². The highest BCUT2D eigenvalue weighted by atomic mass is 16.1. The number of hydrogen-bond donors (Lipinski definition) is 3. The molecule has 2 aromatic rings. The summed E-state index contributed by atoms with van der Waals surface area (Å²) < 4.78 is 0. The zero-order valence-corrected chi connectivity index (χ0v) is 11.3. The van der Waals surface area contributed by atoms with Crippen molar-refractivity contribution in [3.05, 3.63) is 48.0 Å². The van der Waals surface area contributed by atoms with Gasteiger partial charge in [0.25, 0.3) is 5.91 Å². The first-order chi connectivity index (χ1) is 9.70. The summed E-state index contributed by atoms with van der Waals surface area (Å²) in [7, 11) is 0. The molecular formula is C14H17N5O. The summed E-state index contributed by atoms with van der Waals surface area (Å²) in [6.07, 6.45) is 3.16. The zero-order valence-electron chi connectivity index (χ0n) is 11.3. The van der Waals surface area contributed by atoms with Gasteiger partial charge in [-0.2, -0.15) is 0 Å². The highest BCUT2D eigenvalue weighted by Gasteiger charge is 2.10. The molecule has 1 heterocycles. The second-order valence-corrected chi connectivity index (χ2v) is 4.22. The normalized spacial score (nSPS) is 10.1. The summed E-state index contributed by atoms with van der Waals surface area (Å²) in [5, 5.41) is 5.95. The van der Waals surface area contributed by atoms with E-state index in [2.05, 4.69) is 20.6 Å². The predicted octanol–water partition coefficient (Wildman–Crippen LogP) is 1.42. The molecule has 1 amide bonds. The fourth-order valence-corrected chi connectivity index (χ4v) is 1.77. The van der Waals surface area contributed by atoms with Gasteiger partial charge in [-0.3, -0.25) is 4.79 Å². The topological polar surface area (TPSA) is 92.9 Å². The van der Waals surface area contributed by atoms with Gasteiger partial charge in [-0.25, -0.2) is 9.97 Å². The quantitative estimate of drug-likeness (QED) is 0.715. The molecule has 1 aromatic carbocycles. The number of rotatable bonds is 5. The van der Waals surface area contributed by atoms with Gasteiger partial charge in [-0.15, -0.1) is 0 Å². The van der Waals surface area contributed by atoms with Crippen LogP contribution in [0.5, 0.6) is 0 Å². The van der Waals surface area contributed by atoms with E-state index >= 15 is 0 Å². The fourth-order valence-electron chi connectivity index (χ4n) is 1.77. The summed E-state index contributed by atoms with van der Waals surface area (Å²) in [5.41, 5.74) is 8.47. The van der Waals surface area contributed by atoms with Gasteiger partial charge in [0.2, 0.25) is 0 Å². The minimum Gasteiger partial charge on any atom is -0.399 e.